The van der Waals surface area contributed by atoms with Gasteiger partial charge < -0.3 is 9.84 Å². The zero-order valence-corrected chi connectivity index (χ0v) is 16.4. The van der Waals surface area contributed by atoms with Gasteiger partial charge in [-0.3, -0.25) is 9.78 Å². The van der Waals surface area contributed by atoms with Crippen molar-refractivity contribution in [2.45, 2.75) is 12.3 Å². The first-order chi connectivity index (χ1) is 14.6. The molecule has 1 heterocycles. The Balaban J connectivity index is 1.68. The summed E-state index contributed by atoms with van der Waals surface area (Å²) in [6.07, 6.45) is 2.01. The number of methoxy groups -OCH3 is 1. The maximum atomic E-state index is 13.8. The van der Waals surface area contributed by atoms with Crippen LogP contribution < -0.4 is 4.74 Å². The van der Waals surface area contributed by atoms with Crippen molar-refractivity contribution < 1.29 is 19.0 Å². The van der Waals surface area contributed by atoms with E-state index >= 15 is 0 Å². The first-order valence-corrected chi connectivity index (χ1v) is 9.56. The first-order valence-electron chi connectivity index (χ1n) is 9.56. The number of fused-ring (bicyclic) bond motifs is 1. The minimum absolute atomic E-state index is 0.322. The van der Waals surface area contributed by atoms with Crippen molar-refractivity contribution in [1.29, 1.82) is 0 Å². The van der Waals surface area contributed by atoms with Crippen molar-refractivity contribution in [3.63, 3.8) is 0 Å². The molecule has 0 aliphatic heterocycles. The molecule has 4 rings (SSSR count). The zero-order valence-electron chi connectivity index (χ0n) is 16.4. The topological polar surface area (TPSA) is 59.4 Å². The fourth-order valence-corrected chi connectivity index (χ4v) is 3.70. The standard InChI is InChI=1S/C25H20FNO3/c1-30-24-5-3-2-4-18(24)14-21(25(28)29)17-8-6-16(7-9-17)20-12-13-27-23-11-10-19(26)15-22(20)23/h2-13,15,21H,14H2,1H3,(H,28,29). The lowest BCUT2D eigenvalue weighted by atomic mass is 9.90. The van der Waals surface area contributed by atoms with E-state index < -0.39 is 11.9 Å². The highest BCUT2D eigenvalue weighted by molar-refractivity contribution is 5.94. The molecule has 1 atom stereocenters. The largest absolute Gasteiger partial charge is 0.496 e. The van der Waals surface area contributed by atoms with Crippen LogP contribution in [0.5, 0.6) is 5.75 Å². The molecule has 4 nitrogen and oxygen atoms in total. The Bertz CT molecular complexity index is 1200. The molecule has 0 spiro atoms. The van der Waals surface area contributed by atoms with Crippen LogP contribution in [0.1, 0.15) is 17.0 Å². The molecule has 0 saturated heterocycles. The third-order valence-electron chi connectivity index (χ3n) is 5.24. The Morgan fingerprint density at radius 3 is 2.57 bits per heavy atom. The van der Waals surface area contributed by atoms with Crippen LogP contribution in [0.3, 0.4) is 0 Å². The molecule has 3 aromatic carbocycles. The molecular formula is C25H20FNO3. The predicted octanol–water partition coefficient (Wildman–Crippen LogP) is 5.46. The number of halogens is 1. The monoisotopic (exact) mass is 401 g/mol. The number of carboxylic acids is 1. The summed E-state index contributed by atoms with van der Waals surface area (Å²) in [7, 11) is 1.57. The van der Waals surface area contributed by atoms with E-state index in [0.717, 1.165) is 16.7 Å². The smallest absolute Gasteiger partial charge is 0.311 e. The van der Waals surface area contributed by atoms with Gasteiger partial charge in [-0.2, -0.15) is 0 Å². The van der Waals surface area contributed by atoms with Crippen LogP contribution in [0.4, 0.5) is 4.39 Å². The summed E-state index contributed by atoms with van der Waals surface area (Å²) in [4.78, 5) is 16.3. The van der Waals surface area contributed by atoms with Gasteiger partial charge in [-0.1, -0.05) is 42.5 Å². The average Bonchev–Trinajstić information content (AvgIpc) is 2.77. The number of nitrogens with zero attached hydrogens (tertiary/aromatic N) is 1. The molecule has 0 radical (unpaired) electrons. The molecule has 4 aromatic rings. The fourth-order valence-electron chi connectivity index (χ4n) is 3.70. The molecule has 0 amide bonds. The summed E-state index contributed by atoms with van der Waals surface area (Å²) < 4.78 is 19.1. The van der Waals surface area contributed by atoms with Gasteiger partial charge in [0.05, 0.1) is 18.5 Å². The van der Waals surface area contributed by atoms with Gasteiger partial charge in [0, 0.05) is 11.6 Å². The van der Waals surface area contributed by atoms with E-state index in [9.17, 15) is 14.3 Å². The van der Waals surface area contributed by atoms with Gasteiger partial charge in [0.25, 0.3) is 0 Å². The van der Waals surface area contributed by atoms with Gasteiger partial charge in [0.1, 0.15) is 11.6 Å². The van der Waals surface area contributed by atoms with Crippen LogP contribution in [0, 0.1) is 5.82 Å². The lowest BCUT2D eigenvalue weighted by Crippen LogP contribution is -2.15. The second kappa shape index (κ2) is 8.33. The van der Waals surface area contributed by atoms with E-state index in [1.807, 2.05) is 54.6 Å². The molecule has 5 heteroatoms. The SMILES string of the molecule is COc1ccccc1CC(C(=O)O)c1ccc(-c2ccnc3ccc(F)cc23)cc1. The average molecular weight is 401 g/mol. The highest BCUT2D eigenvalue weighted by Gasteiger charge is 2.22. The lowest BCUT2D eigenvalue weighted by Gasteiger charge is -2.16. The number of ether oxygens (including phenoxy) is 1. The van der Waals surface area contributed by atoms with E-state index in [-0.39, 0.29) is 5.82 Å². The van der Waals surface area contributed by atoms with E-state index in [1.165, 1.54) is 12.1 Å². The normalized spacial score (nSPS) is 11.9. The Labute approximate surface area is 173 Å². The second-order valence-electron chi connectivity index (χ2n) is 7.05. The van der Waals surface area contributed by atoms with Gasteiger partial charge in [-0.05, 0) is 59.0 Å². The predicted molar refractivity (Wildman–Crippen MR) is 114 cm³/mol. The Morgan fingerprint density at radius 1 is 1.07 bits per heavy atom. The van der Waals surface area contributed by atoms with Crippen LogP contribution >= 0.6 is 0 Å². The number of rotatable bonds is 6. The van der Waals surface area contributed by atoms with E-state index in [0.29, 0.717) is 28.6 Å². The first kappa shape index (κ1) is 19.6. The number of hydrogen-bond acceptors (Lipinski definition) is 3. The Hall–Kier alpha value is -3.73. The van der Waals surface area contributed by atoms with Crippen molar-refractivity contribution in [1.82, 2.24) is 4.98 Å². The zero-order chi connectivity index (χ0) is 21.1. The maximum Gasteiger partial charge on any atom is 0.311 e. The summed E-state index contributed by atoms with van der Waals surface area (Å²) in [5.74, 6) is -1.26. The van der Waals surface area contributed by atoms with Crippen LogP contribution in [-0.4, -0.2) is 23.2 Å². The van der Waals surface area contributed by atoms with Crippen LogP contribution in [0.25, 0.3) is 22.0 Å². The van der Waals surface area contributed by atoms with Gasteiger partial charge in [0.2, 0.25) is 0 Å². The van der Waals surface area contributed by atoms with Crippen molar-refractivity contribution in [3.8, 4) is 16.9 Å². The molecule has 0 fully saturated rings. The number of carboxylic acid groups (broad SMARTS) is 1. The molecule has 1 unspecified atom stereocenters. The molecule has 0 bridgehead atoms. The number of aromatic nitrogens is 1. The molecule has 0 saturated carbocycles. The number of benzene rings is 3. The van der Waals surface area contributed by atoms with E-state index in [1.54, 1.807) is 19.4 Å². The van der Waals surface area contributed by atoms with E-state index in [2.05, 4.69) is 4.98 Å². The molecule has 0 aliphatic carbocycles. The van der Waals surface area contributed by atoms with Crippen LogP contribution in [0.2, 0.25) is 0 Å². The summed E-state index contributed by atoms with van der Waals surface area (Å²) in [5.41, 5.74) is 3.96. The van der Waals surface area contributed by atoms with Crippen molar-refractivity contribution >= 4 is 16.9 Å². The molecule has 30 heavy (non-hydrogen) atoms. The van der Waals surface area contributed by atoms with Crippen molar-refractivity contribution in [3.05, 3.63) is 95.9 Å². The molecular weight excluding hydrogens is 381 g/mol. The molecule has 1 N–H and O–H groups in total. The number of aliphatic carboxylic acids is 1. The Kier molecular flexibility index (Phi) is 5.44. The van der Waals surface area contributed by atoms with E-state index in [4.69, 9.17) is 4.74 Å². The van der Waals surface area contributed by atoms with Crippen molar-refractivity contribution in [2.75, 3.05) is 7.11 Å². The third-order valence-corrected chi connectivity index (χ3v) is 5.24. The lowest BCUT2D eigenvalue weighted by molar-refractivity contribution is -0.138. The quantitative estimate of drug-likeness (QED) is 0.466. The molecule has 150 valence electrons. The maximum absolute atomic E-state index is 13.8. The van der Waals surface area contributed by atoms with Gasteiger partial charge in [-0.25, -0.2) is 4.39 Å². The highest BCUT2D eigenvalue weighted by Crippen LogP contribution is 2.31. The van der Waals surface area contributed by atoms with Crippen molar-refractivity contribution in [2.24, 2.45) is 0 Å². The highest BCUT2D eigenvalue weighted by atomic mass is 19.1. The van der Waals surface area contributed by atoms with Gasteiger partial charge in [0.15, 0.2) is 0 Å². The minimum atomic E-state index is -0.898. The third kappa shape index (κ3) is 3.87. The molecule has 0 aliphatic rings. The summed E-state index contributed by atoms with van der Waals surface area (Å²) >= 11 is 0. The number of para-hydroxylation sites is 1. The number of pyridine rings is 1. The fraction of sp³-hybridized carbons (Fsp3) is 0.120. The number of carbonyl (C=O) groups is 1. The summed E-state index contributed by atoms with van der Waals surface area (Å²) in [5, 5.41) is 10.5. The van der Waals surface area contributed by atoms with Crippen LogP contribution in [-0.2, 0) is 11.2 Å². The van der Waals surface area contributed by atoms with Gasteiger partial charge in [-0.15, -0.1) is 0 Å². The summed E-state index contributed by atoms with van der Waals surface area (Å²) in [6.45, 7) is 0. The van der Waals surface area contributed by atoms with Gasteiger partial charge >= 0.3 is 5.97 Å². The minimum Gasteiger partial charge on any atom is -0.496 e. The Morgan fingerprint density at radius 2 is 1.83 bits per heavy atom. The van der Waals surface area contributed by atoms with Crippen LogP contribution in [0.15, 0.2) is 79.0 Å². The summed E-state index contributed by atoms with van der Waals surface area (Å²) in [6, 6.07) is 21.1. The molecule has 1 aromatic heterocycles. The number of hydrogen-bond donors (Lipinski definition) is 1. The second-order valence-corrected chi connectivity index (χ2v) is 7.05.